The van der Waals surface area contributed by atoms with Gasteiger partial charge in [0.05, 0.1) is 4.92 Å². The van der Waals surface area contributed by atoms with Crippen molar-refractivity contribution in [2.45, 2.75) is 19.3 Å². The zero-order valence-corrected chi connectivity index (χ0v) is 18.7. The summed E-state index contributed by atoms with van der Waals surface area (Å²) in [6.07, 6.45) is 3.31. The minimum Gasteiger partial charge on any atom is -0.368 e. The number of carbonyl (C=O) groups is 1. The van der Waals surface area contributed by atoms with Gasteiger partial charge in [-0.25, -0.2) is 0 Å². The lowest BCUT2D eigenvalue weighted by molar-refractivity contribution is -0.384. The topological polar surface area (TPSA) is 69.9 Å². The molecule has 0 N–H and O–H groups in total. The van der Waals surface area contributed by atoms with E-state index in [1.54, 1.807) is 6.07 Å². The highest BCUT2D eigenvalue weighted by atomic mass is 16.6. The van der Waals surface area contributed by atoms with Crippen LogP contribution in [0.15, 0.2) is 60.7 Å². The van der Waals surface area contributed by atoms with Crippen LogP contribution < -0.4 is 9.80 Å². The molecule has 2 heterocycles. The number of rotatable bonds is 4. The molecule has 0 aromatic heterocycles. The van der Waals surface area contributed by atoms with Gasteiger partial charge >= 0.3 is 0 Å². The number of piperazine rings is 1. The minimum absolute atomic E-state index is 0.0538. The largest absolute Gasteiger partial charge is 0.368 e. The number of nitrogens with zero attached hydrogens (tertiary/aromatic N) is 4. The SMILES string of the molecule is O=C(c1ccc2ccccc2c1)N1CCN(c2ccc([N+](=O)[O-])c(N3CCCCC3)c2)CC1. The van der Waals surface area contributed by atoms with E-state index >= 15 is 0 Å². The second-order valence-electron chi connectivity index (χ2n) is 8.82. The first-order valence-corrected chi connectivity index (χ1v) is 11.7. The summed E-state index contributed by atoms with van der Waals surface area (Å²) in [5.41, 5.74) is 2.58. The number of nitro groups is 1. The number of fused-ring (bicyclic) bond motifs is 1. The average molecular weight is 445 g/mol. The van der Waals surface area contributed by atoms with Gasteiger partial charge in [0, 0.05) is 56.6 Å². The molecule has 3 aromatic carbocycles. The van der Waals surface area contributed by atoms with Crippen LogP contribution in [0.5, 0.6) is 0 Å². The van der Waals surface area contributed by atoms with Gasteiger partial charge in [0.15, 0.2) is 0 Å². The van der Waals surface area contributed by atoms with Gasteiger partial charge in [0.1, 0.15) is 5.69 Å². The van der Waals surface area contributed by atoms with Crippen molar-refractivity contribution in [3.63, 3.8) is 0 Å². The third kappa shape index (κ3) is 4.35. The molecule has 3 aromatic rings. The summed E-state index contributed by atoms with van der Waals surface area (Å²) in [6, 6.07) is 19.4. The van der Waals surface area contributed by atoms with Crippen LogP contribution in [0.2, 0.25) is 0 Å². The van der Waals surface area contributed by atoms with Crippen molar-refractivity contribution >= 4 is 33.7 Å². The molecule has 2 aliphatic heterocycles. The van der Waals surface area contributed by atoms with Gasteiger partial charge in [0.25, 0.3) is 11.6 Å². The lowest BCUT2D eigenvalue weighted by atomic mass is 10.1. The number of anilines is 2. The Morgan fingerprint density at radius 2 is 1.48 bits per heavy atom. The molecule has 0 atom stereocenters. The molecule has 0 aliphatic carbocycles. The molecular formula is C26H28N4O3. The number of piperidine rings is 1. The van der Waals surface area contributed by atoms with Crippen molar-refractivity contribution in [3.05, 3.63) is 76.3 Å². The van der Waals surface area contributed by atoms with Gasteiger partial charge in [-0.2, -0.15) is 0 Å². The maximum absolute atomic E-state index is 13.1. The molecule has 0 saturated carbocycles. The van der Waals surface area contributed by atoms with E-state index < -0.39 is 0 Å². The van der Waals surface area contributed by atoms with Crippen LogP contribution in [0.4, 0.5) is 17.1 Å². The first-order chi connectivity index (χ1) is 16.1. The normalized spacial score (nSPS) is 16.8. The summed E-state index contributed by atoms with van der Waals surface area (Å²) in [5, 5.41) is 13.8. The molecule has 7 nitrogen and oxygen atoms in total. The zero-order valence-electron chi connectivity index (χ0n) is 18.7. The van der Waals surface area contributed by atoms with Crippen molar-refractivity contribution in [3.8, 4) is 0 Å². The second-order valence-corrected chi connectivity index (χ2v) is 8.82. The summed E-state index contributed by atoms with van der Waals surface area (Å²) >= 11 is 0. The molecule has 0 unspecified atom stereocenters. The van der Waals surface area contributed by atoms with E-state index in [9.17, 15) is 14.9 Å². The fourth-order valence-electron chi connectivity index (χ4n) is 4.92. The van der Waals surface area contributed by atoms with E-state index in [-0.39, 0.29) is 16.5 Å². The Hall–Kier alpha value is -3.61. The Labute approximate surface area is 193 Å². The lowest BCUT2D eigenvalue weighted by Gasteiger charge is -2.37. The molecule has 2 fully saturated rings. The third-order valence-corrected chi connectivity index (χ3v) is 6.78. The van der Waals surface area contributed by atoms with Gasteiger partial charge in [-0.15, -0.1) is 0 Å². The van der Waals surface area contributed by atoms with Gasteiger partial charge < -0.3 is 14.7 Å². The van der Waals surface area contributed by atoms with Gasteiger partial charge in [-0.05, 0) is 54.3 Å². The molecule has 7 heteroatoms. The first-order valence-electron chi connectivity index (χ1n) is 11.7. The first kappa shape index (κ1) is 21.2. The third-order valence-electron chi connectivity index (χ3n) is 6.78. The van der Waals surface area contributed by atoms with Gasteiger partial charge in [0.2, 0.25) is 0 Å². The van der Waals surface area contributed by atoms with E-state index in [2.05, 4.69) is 9.80 Å². The maximum Gasteiger partial charge on any atom is 0.292 e. The number of benzene rings is 3. The van der Waals surface area contributed by atoms with Crippen molar-refractivity contribution in [1.29, 1.82) is 0 Å². The highest BCUT2D eigenvalue weighted by molar-refractivity contribution is 5.98. The highest BCUT2D eigenvalue weighted by Gasteiger charge is 2.26. The summed E-state index contributed by atoms with van der Waals surface area (Å²) in [7, 11) is 0. The standard InChI is InChI=1S/C26H28N4O3/c31-26(22-9-8-20-6-2-3-7-21(20)18-22)29-16-14-27(15-17-29)23-10-11-24(30(32)33)25(19-23)28-12-4-1-5-13-28/h2-3,6-11,18-19H,1,4-5,12-17H2. The van der Waals surface area contributed by atoms with Crippen LogP contribution in [0, 0.1) is 10.1 Å². The molecule has 0 bridgehead atoms. The Morgan fingerprint density at radius 3 is 2.21 bits per heavy atom. The number of amides is 1. The average Bonchev–Trinajstić information content (AvgIpc) is 2.88. The van der Waals surface area contributed by atoms with Crippen molar-refractivity contribution < 1.29 is 9.72 Å². The number of nitro benzene ring substituents is 1. The molecule has 33 heavy (non-hydrogen) atoms. The molecule has 1 amide bonds. The lowest BCUT2D eigenvalue weighted by Crippen LogP contribution is -2.48. The van der Waals surface area contributed by atoms with Gasteiger partial charge in [-0.1, -0.05) is 30.3 Å². The number of hydrogen-bond donors (Lipinski definition) is 0. The Morgan fingerprint density at radius 1 is 0.758 bits per heavy atom. The van der Waals surface area contributed by atoms with E-state index in [4.69, 9.17) is 0 Å². The maximum atomic E-state index is 13.1. The molecule has 2 saturated heterocycles. The Bertz CT molecular complexity index is 1180. The van der Waals surface area contributed by atoms with Crippen LogP contribution in [-0.2, 0) is 0 Å². The molecule has 0 spiro atoms. The predicted molar refractivity (Wildman–Crippen MR) is 131 cm³/mol. The van der Waals surface area contributed by atoms with Crippen LogP contribution >= 0.6 is 0 Å². The Balaban J connectivity index is 1.30. The van der Waals surface area contributed by atoms with E-state index in [0.717, 1.165) is 42.4 Å². The van der Waals surface area contributed by atoms with Crippen LogP contribution in [0.1, 0.15) is 29.6 Å². The number of carbonyl (C=O) groups excluding carboxylic acids is 1. The van der Waals surface area contributed by atoms with Gasteiger partial charge in [-0.3, -0.25) is 14.9 Å². The van der Waals surface area contributed by atoms with Crippen molar-refractivity contribution in [1.82, 2.24) is 4.90 Å². The number of hydrogen-bond acceptors (Lipinski definition) is 5. The van der Waals surface area contributed by atoms with Crippen molar-refractivity contribution in [2.24, 2.45) is 0 Å². The van der Waals surface area contributed by atoms with Crippen LogP contribution in [-0.4, -0.2) is 55.0 Å². The minimum atomic E-state index is -0.284. The fourth-order valence-corrected chi connectivity index (χ4v) is 4.92. The molecule has 2 aliphatic rings. The van der Waals surface area contributed by atoms with Crippen molar-refractivity contribution in [2.75, 3.05) is 49.1 Å². The van der Waals surface area contributed by atoms with E-state index in [1.165, 1.54) is 6.42 Å². The zero-order chi connectivity index (χ0) is 22.8. The summed E-state index contributed by atoms with van der Waals surface area (Å²) in [5.74, 6) is 0.0538. The van der Waals surface area contributed by atoms with Crippen LogP contribution in [0.25, 0.3) is 10.8 Å². The molecular weight excluding hydrogens is 416 g/mol. The highest BCUT2D eigenvalue weighted by Crippen LogP contribution is 2.34. The molecule has 170 valence electrons. The Kier molecular flexibility index (Phi) is 5.86. The van der Waals surface area contributed by atoms with Crippen LogP contribution in [0.3, 0.4) is 0 Å². The quantitative estimate of drug-likeness (QED) is 0.431. The smallest absolute Gasteiger partial charge is 0.292 e. The molecule has 5 rings (SSSR count). The predicted octanol–water partition coefficient (Wildman–Crippen LogP) is 4.70. The van der Waals surface area contributed by atoms with E-state index in [1.807, 2.05) is 59.5 Å². The summed E-state index contributed by atoms with van der Waals surface area (Å²) in [6.45, 7) is 4.38. The monoisotopic (exact) mass is 444 g/mol. The molecule has 0 radical (unpaired) electrons. The fraction of sp³-hybridized carbons (Fsp3) is 0.346. The summed E-state index contributed by atoms with van der Waals surface area (Å²) < 4.78 is 0. The second kappa shape index (κ2) is 9.10. The summed E-state index contributed by atoms with van der Waals surface area (Å²) in [4.78, 5) is 30.7. The van der Waals surface area contributed by atoms with E-state index in [0.29, 0.717) is 37.4 Å².